The Morgan fingerprint density at radius 1 is 0.254 bits per heavy atom. The molecule has 0 saturated heterocycles. The maximum atomic E-state index is 13.3. The number of ether oxygens (including phenoxy) is 3. The quantitative estimate of drug-likeness (QED) is 0.0198. The van der Waals surface area contributed by atoms with Gasteiger partial charge in [0.15, 0.2) is 19.8 Å². The summed E-state index contributed by atoms with van der Waals surface area (Å²) in [7, 11) is 0. The maximum absolute atomic E-state index is 13.3. The first-order chi connectivity index (χ1) is 64.2. The molecule has 0 aromatic heterocycles. The van der Waals surface area contributed by atoms with Gasteiger partial charge >= 0.3 is 17.9 Å². The van der Waals surface area contributed by atoms with E-state index in [0.717, 1.165) is 332 Å². The highest BCUT2D eigenvalue weighted by atomic mass is 16.5. The van der Waals surface area contributed by atoms with Crippen molar-refractivity contribution in [3.8, 4) is 51.7 Å². The molecule has 6 fully saturated rings. The standard InChI is InChI=1S/C119H142O15/c1-68-50-103(120)94(77-31-19-13-20-32-77)59-88(68)112(89-60-95(104(121)51-69(89)2)78-33-21-14-22-34-78)100-56-85(47-74(7)115(100)132-65-109(126)127)118(10,11)83-43-45-84(46-44-83)119(12,86-48-75(8)116(133-66-110(128)129)101(57-86)113(90-61-96(105(122)52-70(90)3)79-35-23-15-24-36-79)91-62-97(106(123)53-71(91)4)80-37-25-16-26-38-80)87-49-76(9)117(134-67-111(130)131)102(58-87)114(92-63-98(107(124)54-72(92)5)81-39-27-17-28-40-81)93-64-99(108(125)55-73(93)6)82-41-29-18-30-42-82/h43-64,77-82,112-114,120-125H,13-42,65-67H2,1-12H3,(H,126,127)(H,128,129)(H,130,131). The molecule has 15 nitrogen and oxygen atoms in total. The summed E-state index contributed by atoms with van der Waals surface area (Å²) in [6, 6.07) is 46.5. The molecule has 0 spiro atoms. The van der Waals surface area contributed by atoms with Crippen molar-refractivity contribution in [2.75, 3.05) is 19.8 Å². The van der Waals surface area contributed by atoms with Crippen LogP contribution in [0.25, 0.3) is 0 Å². The molecule has 6 saturated carbocycles. The fraction of sp³-hybridized carbons (Fsp3) is 0.471. The van der Waals surface area contributed by atoms with Crippen LogP contribution in [0.15, 0.2) is 133 Å². The Morgan fingerprint density at radius 3 is 0.657 bits per heavy atom. The van der Waals surface area contributed by atoms with Gasteiger partial charge in [-0.1, -0.05) is 214 Å². The number of aliphatic carboxylic acids is 3. The van der Waals surface area contributed by atoms with E-state index in [9.17, 15) is 60.3 Å². The van der Waals surface area contributed by atoms with Crippen LogP contribution in [0.1, 0.15) is 428 Å². The van der Waals surface area contributed by atoms with Gasteiger partial charge in [-0.2, -0.15) is 0 Å². The van der Waals surface area contributed by atoms with Gasteiger partial charge in [-0.05, 0) is 375 Å². The molecule has 708 valence electrons. The van der Waals surface area contributed by atoms with E-state index < -0.39 is 66.3 Å². The third-order valence-corrected chi connectivity index (χ3v) is 32.6. The fourth-order valence-electron chi connectivity index (χ4n) is 25.0. The van der Waals surface area contributed by atoms with E-state index in [-0.39, 0.29) is 70.0 Å². The number of hydrogen-bond donors (Lipinski definition) is 9. The van der Waals surface area contributed by atoms with Gasteiger partial charge in [-0.25, -0.2) is 14.4 Å². The van der Waals surface area contributed by atoms with Crippen LogP contribution >= 0.6 is 0 Å². The SMILES string of the molecule is Cc1cc(O)c(C2CCCCC2)cc1C(c1cc(C2CCCCC2)c(O)cc1C)c1cc(C(C)(C)c2ccc(C(C)(c3cc(C)c(OCC(=O)O)c(C(c4cc(C5CCCCC5)c(O)cc4C)c4cc(C5CCCCC5)c(O)cc4C)c3)c3cc(C)c(OCC(=O)O)c(C(c4cc(C5CCCCC5)c(O)cc4C)c4cc(C5CCCCC5)c(O)cc4C)c3)cc2)cc(C)c1OCC(=O)O. The number of aromatic hydroxyl groups is 6. The Balaban J connectivity index is 0.972. The largest absolute Gasteiger partial charge is 0.508 e. The molecule has 15 heteroatoms. The van der Waals surface area contributed by atoms with Crippen LogP contribution in [0.4, 0.5) is 0 Å². The average molecular weight is 1810 g/mol. The lowest BCUT2D eigenvalue weighted by molar-refractivity contribution is -0.140. The van der Waals surface area contributed by atoms with E-state index in [2.05, 4.69) is 118 Å². The van der Waals surface area contributed by atoms with Crippen LogP contribution in [0, 0.1) is 62.3 Å². The summed E-state index contributed by atoms with van der Waals surface area (Å²) in [6.07, 6.45) is 30.1. The lowest BCUT2D eigenvalue weighted by Crippen LogP contribution is -2.28. The monoisotopic (exact) mass is 1810 g/mol. The van der Waals surface area contributed by atoms with Crippen LogP contribution in [0.3, 0.4) is 0 Å². The van der Waals surface area contributed by atoms with Crippen LogP contribution in [0.5, 0.6) is 51.7 Å². The summed E-state index contributed by atoms with van der Waals surface area (Å²) in [4.78, 5) is 39.7. The average Bonchev–Trinajstić information content (AvgIpc) is 0.719. The molecule has 16 rings (SSSR count). The molecule has 9 N–H and O–H groups in total. The fourth-order valence-corrected chi connectivity index (χ4v) is 25.0. The zero-order valence-electron chi connectivity index (χ0n) is 81.2. The summed E-state index contributed by atoms with van der Waals surface area (Å²) in [6.45, 7) is 23.0. The zero-order valence-corrected chi connectivity index (χ0v) is 81.2. The first-order valence-corrected chi connectivity index (χ1v) is 50.4. The number of carboxylic acids is 3. The van der Waals surface area contributed by atoms with Crippen molar-refractivity contribution in [2.24, 2.45) is 0 Å². The molecule has 0 radical (unpaired) electrons. The molecule has 6 aliphatic rings. The topological polar surface area (TPSA) is 261 Å². The number of aryl methyl sites for hydroxylation is 9. The highest BCUT2D eigenvalue weighted by Gasteiger charge is 2.42. The van der Waals surface area contributed by atoms with Gasteiger partial charge in [-0.15, -0.1) is 0 Å². The molecule has 6 aliphatic carbocycles. The normalized spacial score (nSPS) is 16.8. The Kier molecular flexibility index (Phi) is 29.2. The van der Waals surface area contributed by atoms with Gasteiger partial charge in [-0.3, -0.25) is 0 Å². The van der Waals surface area contributed by atoms with Crippen molar-refractivity contribution in [1.82, 2.24) is 0 Å². The molecule has 0 unspecified atom stereocenters. The van der Waals surface area contributed by atoms with E-state index in [1.165, 1.54) is 0 Å². The van der Waals surface area contributed by atoms with Crippen molar-refractivity contribution >= 4 is 17.9 Å². The van der Waals surface area contributed by atoms with E-state index in [1.54, 1.807) is 0 Å². The van der Waals surface area contributed by atoms with Gasteiger partial charge in [0.2, 0.25) is 0 Å². The second-order valence-corrected chi connectivity index (χ2v) is 41.9. The predicted octanol–water partition coefficient (Wildman–Crippen LogP) is 28.6. The molecule has 0 amide bonds. The summed E-state index contributed by atoms with van der Waals surface area (Å²) in [5, 5.41) is 106. The Hall–Kier alpha value is -11.2. The second kappa shape index (κ2) is 40.8. The number of hydrogen-bond acceptors (Lipinski definition) is 12. The van der Waals surface area contributed by atoms with Crippen LogP contribution < -0.4 is 14.2 Å². The van der Waals surface area contributed by atoms with Gasteiger partial charge < -0.3 is 60.2 Å². The number of rotatable bonds is 29. The lowest BCUT2D eigenvalue weighted by atomic mass is 9.67. The van der Waals surface area contributed by atoms with E-state index >= 15 is 0 Å². The molecular weight excluding hydrogens is 1670 g/mol. The molecule has 0 bridgehead atoms. The van der Waals surface area contributed by atoms with Crippen molar-refractivity contribution in [2.45, 2.75) is 340 Å². The van der Waals surface area contributed by atoms with E-state index in [1.807, 2.05) is 98.7 Å². The van der Waals surface area contributed by atoms with Crippen LogP contribution in [0.2, 0.25) is 0 Å². The zero-order chi connectivity index (χ0) is 94.9. The van der Waals surface area contributed by atoms with Crippen LogP contribution in [-0.2, 0) is 25.2 Å². The second-order valence-electron chi connectivity index (χ2n) is 41.9. The Morgan fingerprint density at radius 2 is 0.448 bits per heavy atom. The number of carbonyl (C=O) groups is 3. The minimum Gasteiger partial charge on any atom is -0.508 e. The van der Waals surface area contributed by atoms with Crippen LogP contribution in [-0.4, -0.2) is 83.7 Å². The number of phenols is 6. The van der Waals surface area contributed by atoms with Crippen molar-refractivity contribution < 1.29 is 74.6 Å². The Labute approximate surface area is 793 Å². The van der Waals surface area contributed by atoms with E-state index in [0.29, 0.717) is 39.5 Å². The maximum Gasteiger partial charge on any atom is 0.341 e. The smallest absolute Gasteiger partial charge is 0.341 e. The van der Waals surface area contributed by atoms with Crippen molar-refractivity contribution in [3.05, 3.63) is 295 Å². The molecule has 10 aromatic rings. The molecule has 134 heavy (non-hydrogen) atoms. The molecule has 0 atom stereocenters. The van der Waals surface area contributed by atoms with Crippen molar-refractivity contribution in [3.63, 3.8) is 0 Å². The Bertz CT molecular complexity index is 5560. The number of carboxylic acid groups (broad SMARTS) is 3. The highest BCUT2D eigenvalue weighted by Crippen LogP contribution is 2.57. The summed E-state index contributed by atoms with van der Waals surface area (Å²) in [5.74, 6) is -2.16. The first kappa shape index (κ1) is 95.9. The third kappa shape index (κ3) is 19.8. The summed E-state index contributed by atoms with van der Waals surface area (Å²) in [5.41, 5.74) is 22.2. The minimum absolute atomic E-state index is 0.0785. The molecular formula is C119H142O15. The first-order valence-electron chi connectivity index (χ1n) is 50.4. The summed E-state index contributed by atoms with van der Waals surface area (Å²) < 4.78 is 20.4. The number of benzene rings is 10. The predicted molar refractivity (Wildman–Crippen MR) is 532 cm³/mol. The minimum atomic E-state index is -1.26. The molecule has 10 aromatic carbocycles. The third-order valence-electron chi connectivity index (χ3n) is 32.6. The van der Waals surface area contributed by atoms with Crippen molar-refractivity contribution in [1.29, 1.82) is 0 Å². The van der Waals surface area contributed by atoms with Gasteiger partial charge in [0.05, 0.1) is 0 Å². The lowest BCUT2D eigenvalue weighted by Gasteiger charge is -2.37. The number of phenolic OH excluding ortho intramolecular Hbond substituents is 6. The van der Waals surface area contributed by atoms with Gasteiger partial charge in [0.25, 0.3) is 0 Å². The highest BCUT2D eigenvalue weighted by molar-refractivity contribution is 5.73. The van der Waals surface area contributed by atoms with Gasteiger partial charge in [0.1, 0.15) is 51.7 Å². The summed E-state index contributed by atoms with van der Waals surface area (Å²) >= 11 is 0. The van der Waals surface area contributed by atoms with E-state index in [4.69, 9.17) is 14.2 Å². The molecule has 0 aliphatic heterocycles. The molecule has 0 heterocycles. The van der Waals surface area contributed by atoms with Gasteiger partial charge in [0, 0.05) is 45.3 Å².